The summed E-state index contributed by atoms with van der Waals surface area (Å²) >= 11 is 0. The summed E-state index contributed by atoms with van der Waals surface area (Å²) in [6.45, 7) is 5.63. The van der Waals surface area contributed by atoms with Crippen LogP contribution < -0.4 is 0 Å². The number of rotatable bonds is 7. The van der Waals surface area contributed by atoms with Crippen LogP contribution >= 0.6 is 0 Å². The third-order valence-corrected chi connectivity index (χ3v) is 3.84. The van der Waals surface area contributed by atoms with E-state index in [2.05, 4.69) is 6.92 Å². The predicted octanol–water partition coefficient (Wildman–Crippen LogP) is 0.793. The molecule has 0 aromatic rings. The molecule has 0 unspecified atom stereocenters. The van der Waals surface area contributed by atoms with E-state index in [1.807, 2.05) is 13.8 Å². The Morgan fingerprint density at radius 2 is 1.75 bits per heavy atom. The molecule has 0 radical (unpaired) electrons. The standard InChI is InChI=1S/C14H26O6/c1-4-5-6-7-17-11-10-12(19-13(2,3)18-10)20-14(11,8-15)9-16/h10-12,15-16H,4-9H2,1-3H3/t10-,11+,12+/m1/s1. The van der Waals surface area contributed by atoms with Gasteiger partial charge in [0, 0.05) is 6.61 Å². The van der Waals surface area contributed by atoms with Crippen LogP contribution in [0.1, 0.15) is 40.0 Å². The second-order valence-corrected chi connectivity index (χ2v) is 5.97. The Bertz CT molecular complexity index is 315. The van der Waals surface area contributed by atoms with Crippen LogP contribution in [0.2, 0.25) is 0 Å². The van der Waals surface area contributed by atoms with Crippen molar-refractivity contribution in [3.8, 4) is 0 Å². The largest absolute Gasteiger partial charge is 0.393 e. The molecule has 3 atom stereocenters. The number of aliphatic hydroxyl groups excluding tert-OH is 2. The van der Waals surface area contributed by atoms with Gasteiger partial charge in [0.15, 0.2) is 12.1 Å². The lowest BCUT2D eigenvalue weighted by atomic mass is 9.97. The molecule has 2 aliphatic heterocycles. The maximum absolute atomic E-state index is 9.60. The van der Waals surface area contributed by atoms with Crippen molar-refractivity contribution in [2.75, 3.05) is 19.8 Å². The summed E-state index contributed by atoms with van der Waals surface area (Å²) in [5, 5.41) is 19.2. The zero-order chi connectivity index (χ0) is 14.8. The first-order chi connectivity index (χ1) is 9.48. The number of aliphatic hydroxyl groups is 2. The molecule has 0 amide bonds. The van der Waals surface area contributed by atoms with Gasteiger partial charge in [-0.15, -0.1) is 0 Å². The SMILES string of the molecule is CCCCCO[C@H]1[C@H]2OC(C)(C)O[C@H]2OC1(CO)CO. The molecular weight excluding hydrogens is 264 g/mol. The molecule has 20 heavy (non-hydrogen) atoms. The summed E-state index contributed by atoms with van der Waals surface area (Å²) in [6, 6.07) is 0. The summed E-state index contributed by atoms with van der Waals surface area (Å²) in [4.78, 5) is 0. The maximum atomic E-state index is 9.60. The van der Waals surface area contributed by atoms with Crippen LogP contribution in [0, 0.1) is 0 Å². The van der Waals surface area contributed by atoms with Gasteiger partial charge in [0.1, 0.15) is 17.8 Å². The Morgan fingerprint density at radius 3 is 2.35 bits per heavy atom. The minimum absolute atomic E-state index is 0.331. The second kappa shape index (κ2) is 6.25. The minimum atomic E-state index is -1.15. The smallest absolute Gasteiger partial charge is 0.190 e. The molecule has 2 aliphatic rings. The Morgan fingerprint density at radius 1 is 1.05 bits per heavy atom. The minimum Gasteiger partial charge on any atom is -0.393 e. The fourth-order valence-electron chi connectivity index (χ4n) is 2.76. The van der Waals surface area contributed by atoms with Crippen molar-refractivity contribution in [3.05, 3.63) is 0 Å². The molecule has 0 aromatic carbocycles. The third-order valence-electron chi connectivity index (χ3n) is 3.84. The number of hydrogen-bond donors (Lipinski definition) is 2. The summed E-state index contributed by atoms with van der Waals surface area (Å²) in [5.74, 6) is -0.739. The van der Waals surface area contributed by atoms with Crippen LogP contribution in [0.5, 0.6) is 0 Å². The molecule has 0 bridgehead atoms. The van der Waals surface area contributed by atoms with Crippen molar-refractivity contribution < 1.29 is 29.2 Å². The molecular formula is C14H26O6. The zero-order valence-corrected chi connectivity index (χ0v) is 12.5. The number of hydrogen-bond acceptors (Lipinski definition) is 6. The van der Waals surface area contributed by atoms with E-state index in [4.69, 9.17) is 18.9 Å². The van der Waals surface area contributed by atoms with Crippen molar-refractivity contribution in [2.45, 2.75) is 69.9 Å². The van der Waals surface area contributed by atoms with Gasteiger partial charge in [0.2, 0.25) is 0 Å². The quantitative estimate of drug-likeness (QED) is 0.675. The highest BCUT2D eigenvalue weighted by atomic mass is 16.8. The van der Waals surface area contributed by atoms with Gasteiger partial charge in [-0.25, -0.2) is 0 Å². The summed E-state index contributed by atoms with van der Waals surface area (Å²) in [6.07, 6.45) is 1.55. The number of fused-ring (bicyclic) bond motifs is 1. The summed E-state index contributed by atoms with van der Waals surface area (Å²) < 4.78 is 23.0. The molecule has 6 nitrogen and oxygen atoms in total. The van der Waals surface area contributed by atoms with Gasteiger partial charge in [-0.3, -0.25) is 0 Å². The maximum Gasteiger partial charge on any atom is 0.190 e. The molecule has 2 fully saturated rings. The lowest BCUT2D eigenvalue weighted by Crippen LogP contribution is -2.52. The predicted molar refractivity (Wildman–Crippen MR) is 71.1 cm³/mol. The topological polar surface area (TPSA) is 77.4 Å². The monoisotopic (exact) mass is 290 g/mol. The number of ether oxygens (including phenoxy) is 4. The first kappa shape index (κ1) is 16.1. The third kappa shape index (κ3) is 3.00. The molecule has 2 saturated heterocycles. The van der Waals surface area contributed by atoms with E-state index in [0.29, 0.717) is 6.61 Å². The highest BCUT2D eigenvalue weighted by Crippen LogP contribution is 2.43. The van der Waals surface area contributed by atoms with Gasteiger partial charge >= 0.3 is 0 Å². The molecule has 0 aliphatic carbocycles. The lowest BCUT2D eigenvalue weighted by Gasteiger charge is -2.33. The van der Waals surface area contributed by atoms with Crippen molar-refractivity contribution in [1.82, 2.24) is 0 Å². The lowest BCUT2D eigenvalue weighted by molar-refractivity contribution is -0.257. The molecule has 0 spiro atoms. The number of unbranched alkanes of at least 4 members (excludes halogenated alkanes) is 2. The molecule has 0 saturated carbocycles. The first-order valence-corrected chi connectivity index (χ1v) is 7.35. The van der Waals surface area contributed by atoms with E-state index in [0.717, 1.165) is 19.3 Å². The Hall–Kier alpha value is -0.240. The van der Waals surface area contributed by atoms with E-state index in [1.54, 1.807) is 0 Å². The van der Waals surface area contributed by atoms with Crippen LogP contribution in [0.15, 0.2) is 0 Å². The fourth-order valence-corrected chi connectivity index (χ4v) is 2.76. The molecule has 0 aromatic heterocycles. The average molecular weight is 290 g/mol. The molecule has 118 valence electrons. The summed E-state index contributed by atoms with van der Waals surface area (Å²) in [5.41, 5.74) is -1.15. The van der Waals surface area contributed by atoms with Gasteiger partial charge in [0.05, 0.1) is 13.2 Å². The van der Waals surface area contributed by atoms with Crippen molar-refractivity contribution in [2.24, 2.45) is 0 Å². The van der Waals surface area contributed by atoms with Gasteiger partial charge in [-0.05, 0) is 20.3 Å². The van der Waals surface area contributed by atoms with Crippen molar-refractivity contribution in [3.63, 3.8) is 0 Å². The highest BCUT2D eigenvalue weighted by molar-refractivity contribution is 5.04. The Balaban J connectivity index is 2.05. The van der Waals surface area contributed by atoms with E-state index < -0.39 is 29.9 Å². The zero-order valence-electron chi connectivity index (χ0n) is 12.5. The van der Waals surface area contributed by atoms with Crippen LogP contribution in [0.4, 0.5) is 0 Å². The Kier molecular flexibility index (Phi) is 5.05. The van der Waals surface area contributed by atoms with Gasteiger partial charge in [-0.1, -0.05) is 19.8 Å². The summed E-state index contributed by atoms with van der Waals surface area (Å²) in [7, 11) is 0. The fraction of sp³-hybridized carbons (Fsp3) is 1.00. The molecule has 6 heteroatoms. The van der Waals surface area contributed by atoms with E-state index in [-0.39, 0.29) is 13.2 Å². The van der Waals surface area contributed by atoms with E-state index in [9.17, 15) is 10.2 Å². The van der Waals surface area contributed by atoms with Gasteiger partial charge < -0.3 is 29.2 Å². The van der Waals surface area contributed by atoms with Crippen LogP contribution in [-0.2, 0) is 18.9 Å². The molecule has 2 N–H and O–H groups in total. The van der Waals surface area contributed by atoms with E-state index in [1.165, 1.54) is 0 Å². The van der Waals surface area contributed by atoms with Crippen LogP contribution in [-0.4, -0.2) is 59.9 Å². The average Bonchev–Trinajstić information content (AvgIpc) is 2.84. The van der Waals surface area contributed by atoms with Crippen LogP contribution in [0.3, 0.4) is 0 Å². The first-order valence-electron chi connectivity index (χ1n) is 7.35. The van der Waals surface area contributed by atoms with Crippen LogP contribution in [0.25, 0.3) is 0 Å². The second-order valence-electron chi connectivity index (χ2n) is 5.97. The van der Waals surface area contributed by atoms with E-state index >= 15 is 0 Å². The van der Waals surface area contributed by atoms with Crippen molar-refractivity contribution >= 4 is 0 Å². The van der Waals surface area contributed by atoms with Gasteiger partial charge in [0.25, 0.3) is 0 Å². The van der Waals surface area contributed by atoms with Gasteiger partial charge in [-0.2, -0.15) is 0 Å². The Labute approximate surface area is 120 Å². The molecule has 2 rings (SSSR count). The van der Waals surface area contributed by atoms with Crippen molar-refractivity contribution in [1.29, 1.82) is 0 Å². The normalized spacial score (nSPS) is 34.4. The highest BCUT2D eigenvalue weighted by Gasteiger charge is 2.62. The molecule has 2 heterocycles.